The molecule has 0 aliphatic carbocycles. The standard InChI is InChI=1S/C33H67O/c1-3-5-6-7-8-9-10-11-12-13-14-15-16-17-18-19-20-21-22-23-24-25-26-27-28-29-30-31-33-34-32-4-2/h1,3-33H2,2H3. The summed E-state index contributed by atoms with van der Waals surface area (Å²) in [5, 5.41) is 0. The second kappa shape index (κ2) is 33.0. The van der Waals surface area contributed by atoms with Crippen LogP contribution in [0.2, 0.25) is 0 Å². The zero-order valence-electron chi connectivity index (χ0n) is 24.0. The highest BCUT2D eigenvalue weighted by molar-refractivity contribution is 4.52. The maximum Gasteiger partial charge on any atom is 0.0466 e. The molecular formula is C33H67O. The van der Waals surface area contributed by atoms with Crippen LogP contribution in [0.25, 0.3) is 0 Å². The molecule has 205 valence electrons. The van der Waals surface area contributed by atoms with Crippen molar-refractivity contribution in [3.8, 4) is 0 Å². The van der Waals surface area contributed by atoms with E-state index in [9.17, 15) is 0 Å². The van der Waals surface area contributed by atoms with Gasteiger partial charge in [-0.15, -0.1) is 0 Å². The second-order valence-corrected chi connectivity index (χ2v) is 11.0. The number of unbranched alkanes of at least 4 members (excludes halogenated alkanes) is 27. The summed E-state index contributed by atoms with van der Waals surface area (Å²) in [6.07, 6.45) is 41.4. The van der Waals surface area contributed by atoms with Gasteiger partial charge in [-0.3, -0.25) is 0 Å². The molecule has 0 aliphatic rings. The minimum absolute atomic E-state index is 0.943. The van der Waals surface area contributed by atoms with Crippen LogP contribution in [0.1, 0.15) is 193 Å². The molecule has 0 spiro atoms. The fraction of sp³-hybridized carbons (Fsp3) is 0.970. The van der Waals surface area contributed by atoms with Gasteiger partial charge in [-0.1, -0.05) is 187 Å². The fourth-order valence-electron chi connectivity index (χ4n) is 5.05. The Bertz CT molecular complexity index is 295. The zero-order valence-corrected chi connectivity index (χ0v) is 24.0. The van der Waals surface area contributed by atoms with Crippen LogP contribution in [0.3, 0.4) is 0 Å². The summed E-state index contributed by atoms with van der Waals surface area (Å²) >= 11 is 0. The van der Waals surface area contributed by atoms with Gasteiger partial charge in [0.1, 0.15) is 0 Å². The third-order valence-corrected chi connectivity index (χ3v) is 7.39. The third kappa shape index (κ3) is 32.0. The van der Waals surface area contributed by atoms with Crippen molar-refractivity contribution >= 4 is 0 Å². The predicted octanol–water partition coefficient (Wildman–Crippen LogP) is 12.2. The van der Waals surface area contributed by atoms with E-state index in [4.69, 9.17) is 4.74 Å². The molecule has 0 N–H and O–H groups in total. The smallest absolute Gasteiger partial charge is 0.0466 e. The Hall–Kier alpha value is -0.0400. The molecule has 0 aromatic heterocycles. The molecule has 0 unspecified atom stereocenters. The summed E-state index contributed by atoms with van der Waals surface area (Å²) in [4.78, 5) is 0. The van der Waals surface area contributed by atoms with E-state index >= 15 is 0 Å². The summed E-state index contributed by atoms with van der Waals surface area (Å²) in [6.45, 7) is 8.02. The monoisotopic (exact) mass is 480 g/mol. The van der Waals surface area contributed by atoms with E-state index in [2.05, 4.69) is 13.8 Å². The average molecular weight is 480 g/mol. The quantitative estimate of drug-likeness (QED) is 0.0898. The first-order valence-electron chi connectivity index (χ1n) is 16.3. The van der Waals surface area contributed by atoms with E-state index < -0.39 is 0 Å². The molecule has 0 rings (SSSR count). The molecule has 0 aliphatic heterocycles. The molecule has 0 amide bonds. The molecule has 1 nitrogen and oxygen atoms in total. The summed E-state index contributed by atoms with van der Waals surface area (Å²) in [7, 11) is 0. The molecule has 0 saturated carbocycles. The van der Waals surface area contributed by atoms with Crippen LogP contribution in [0.15, 0.2) is 0 Å². The minimum atomic E-state index is 0.943. The Morgan fingerprint density at radius 2 is 0.559 bits per heavy atom. The van der Waals surface area contributed by atoms with E-state index in [0.29, 0.717) is 0 Å². The Balaban J connectivity index is 2.99. The van der Waals surface area contributed by atoms with Gasteiger partial charge in [0.05, 0.1) is 0 Å². The first kappa shape index (κ1) is 34.0. The minimum Gasteiger partial charge on any atom is -0.381 e. The van der Waals surface area contributed by atoms with Crippen LogP contribution >= 0.6 is 0 Å². The van der Waals surface area contributed by atoms with Gasteiger partial charge in [0.15, 0.2) is 0 Å². The molecule has 0 atom stereocenters. The van der Waals surface area contributed by atoms with Gasteiger partial charge < -0.3 is 4.74 Å². The Morgan fingerprint density at radius 3 is 0.794 bits per heavy atom. The first-order chi connectivity index (χ1) is 16.9. The molecule has 1 heteroatoms. The van der Waals surface area contributed by atoms with Crippen LogP contribution < -0.4 is 0 Å². The highest BCUT2D eigenvalue weighted by atomic mass is 16.5. The van der Waals surface area contributed by atoms with Crippen molar-refractivity contribution in [2.24, 2.45) is 0 Å². The van der Waals surface area contributed by atoms with Crippen molar-refractivity contribution in [2.75, 3.05) is 13.2 Å². The van der Waals surface area contributed by atoms with Crippen molar-refractivity contribution < 1.29 is 4.74 Å². The highest BCUT2D eigenvalue weighted by Crippen LogP contribution is 2.16. The largest absolute Gasteiger partial charge is 0.381 e. The summed E-state index contributed by atoms with van der Waals surface area (Å²) in [5.74, 6) is 0. The average Bonchev–Trinajstić information content (AvgIpc) is 2.85. The van der Waals surface area contributed by atoms with E-state index in [1.165, 1.54) is 173 Å². The van der Waals surface area contributed by atoms with Crippen molar-refractivity contribution in [1.29, 1.82) is 0 Å². The van der Waals surface area contributed by atoms with Crippen LogP contribution in [-0.2, 0) is 4.74 Å². The van der Waals surface area contributed by atoms with Crippen LogP contribution in [0.4, 0.5) is 0 Å². The molecule has 0 aromatic rings. The number of hydrogen-bond donors (Lipinski definition) is 0. The molecule has 1 radical (unpaired) electrons. The summed E-state index contributed by atoms with van der Waals surface area (Å²) < 4.78 is 5.54. The zero-order chi connectivity index (χ0) is 24.6. The number of hydrogen-bond acceptors (Lipinski definition) is 1. The normalized spacial score (nSPS) is 11.5. The van der Waals surface area contributed by atoms with E-state index in [1.54, 1.807) is 0 Å². The van der Waals surface area contributed by atoms with Gasteiger partial charge in [0.2, 0.25) is 0 Å². The Kier molecular flexibility index (Phi) is 32.9. The molecule has 0 heterocycles. The Morgan fingerprint density at radius 1 is 0.324 bits per heavy atom. The van der Waals surface area contributed by atoms with Crippen molar-refractivity contribution in [3.05, 3.63) is 6.92 Å². The molecule has 0 aromatic carbocycles. The maximum absolute atomic E-state index is 5.54. The SMILES string of the molecule is [CH2]CCCCCCCCCCCCCCCCCCCCCCCCCCCCCOCCC. The number of ether oxygens (including phenoxy) is 1. The van der Waals surface area contributed by atoms with Gasteiger partial charge in [-0.2, -0.15) is 0 Å². The van der Waals surface area contributed by atoms with E-state index in [-0.39, 0.29) is 0 Å². The van der Waals surface area contributed by atoms with Crippen molar-refractivity contribution in [1.82, 2.24) is 0 Å². The van der Waals surface area contributed by atoms with Crippen LogP contribution in [0, 0.1) is 6.92 Å². The topological polar surface area (TPSA) is 9.23 Å². The number of rotatable bonds is 31. The van der Waals surface area contributed by atoms with Gasteiger partial charge in [-0.05, 0) is 12.8 Å². The predicted molar refractivity (Wildman–Crippen MR) is 156 cm³/mol. The lowest BCUT2D eigenvalue weighted by Gasteiger charge is -2.05. The summed E-state index contributed by atoms with van der Waals surface area (Å²) in [5.41, 5.74) is 0. The lowest BCUT2D eigenvalue weighted by atomic mass is 10.0. The second-order valence-electron chi connectivity index (χ2n) is 11.0. The van der Waals surface area contributed by atoms with Crippen molar-refractivity contribution in [2.45, 2.75) is 193 Å². The lowest BCUT2D eigenvalue weighted by molar-refractivity contribution is 0.130. The molecule has 0 bridgehead atoms. The van der Waals surface area contributed by atoms with E-state index in [1.807, 2.05) is 0 Å². The van der Waals surface area contributed by atoms with E-state index in [0.717, 1.165) is 26.1 Å². The first-order valence-corrected chi connectivity index (χ1v) is 16.3. The van der Waals surface area contributed by atoms with Gasteiger partial charge in [-0.25, -0.2) is 0 Å². The molecule has 0 saturated heterocycles. The molecule has 0 fully saturated rings. The fourth-order valence-corrected chi connectivity index (χ4v) is 5.05. The summed E-state index contributed by atoms with van der Waals surface area (Å²) in [6, 6.07) is 0. The highest BCUT2D eigenvalue weighted by Gasteiger charge is 1.96. The van der Waals surface area contributed by atoms with Crippen LogP contribution in [0.5, 0.6) is 0 Å². The van der Waals surface area contributed by atoms with Crippen LogP contribution in [-0.4, -0.2) is 13.2 Å². The van der Waals surface area contributed by atoms with Gasteiger partial charge in [0.25, 0.3) is 0 Å². The van der Waals surface area contributed by atoms with Gasteiger partial charge in [0, 0.05) is 13.2 Å². The molecular weight excluding hydrogens is 412 g/mol. The Labute approximate surface area is 218 Å². The molecule has 34 heavy (non-hydrogen) atoms. The van der Waals surface area contributed by atoms with Gasteiger partial charge >= 0.3 is 0 Å². The lowest BCUT2D eigenvalue weighted by Crippen LogP contribution is -1.95. The van der Waals surface area contributed by atoms with Crippen molar-refractivity contribution in [3.63, 3.8) is 0 Å². The third-order valence-electron chi connectivity index (χ3n) is 7.39. The maximum atomic E-state index is 5.54.